The van der Waals surface area contributed by atoms with Crippen molar-refractivity contribution >= 4 is 38.9 Å². The molecular weight excluding hydrogens is 532 g/mol. The number of rotatable bonds is 6. The normalized spacial score (nSPS) is 11.2. The quantitative estimate of drug-likeness (QED) is 0.196. The molecule has 8 rings (SSSR count). The molecule has 2 nitrogen and oxygen atoms in total. The zero-order chi connectivity index (χ0) is 29.3. The molecule has 0 aliphatic rings. The van der Waals surface area contributed by atoms with Gasteiger partial charge in [0.05, 0.1) is 16.7 Å². The first-order valence-electron chi connectivity index (χ1n) is 15.0. The Balaban J connectivity index is 1.33. The Labute approximate surface area is 257 Å². The van der Waals surface area contributed by atoms with E-state index in [4.69, 9.17) is 0 Å². The Hall–Kier alpha value is -5.86. The molecule has 0 atom stereocenters. The van der Waals surface area contributed by atoms with Crippen LogP contribution < -0.4 is 4.90 Å². The fourth-order valence-electron chi connectivity index (χ4n) is 6.37. The Bertz CT molecular complexity index is 2170. The summed E-state index contributed by atoms with van der Waals surface area (Å²) in [7, 11) is 0. The summed E-state index contributed by atoms with van der Waals surface area (Å²) in [5, 5.41) is 2.51. The minimum Gasteiger partial charge on any atom is -0.310 e. The zero-order valence-electron chi connectivity index (χ0n) is 24.2. The fraction of sp³-hybridized carbons (Fsp3) is 0. The largest absolute Gasteiger partial charge is 0.310 e. The van der Waals surface area contributed by atoms with E-state index in [2.05, 4.69) is 191 Å². The van der Waals surface area contributed by atoms with Gasteiger partial charge in [0.15, 0.2) is 0 Å². The summed E-state index contributed by atoms with van der Waals surface area (Å²) >= 11 is 0. The summed E-state index contributed by atoms with van der Waals surface area (Å²) < 4.78 is 2.44. The van der Waals surface area contributed by atoms with Crippen molar-refractivity contribution in [3.05, 3.63) is 182 Å². The van der Waals surface area contributed by atoms with Crippen LogP contribution in [0.3, 0.4) is 0 Å². The molecule has 0 saturated carbocycles. The molecule has 0 aliphatic carbocycles. The van der Waals surface area contributed by atoms with Crippen LogP contribution in [0.2, 0.25) is 0 Å². The van der Waals surface area contributed by atoms with Gasteiger partial charge in [-0.1, -0.05) is 127 Å². The minimum atomic E-state index is 1.11. The summed E-state index contributed by atoms with van der Waals surface area (Å²) in [4.78, 5) is 2.32. The molecule has 1 aromatic heterocycles. The van der Waals surface area contributed by atoms with Crippen molar-refractivity contribution in [3.63, 3.8) is 0 Å². The Morgan fingerprint density at radius 1 is 0.341 bits per heavy atom. The van der Waals surface area contributed by atoms with Crippen LogP contribution in [0.4, 0.5) is 17.1 Å². The third-order valence-corrected chi connectivity index (χ3v) is 8.37. The molecule has 1 heterocycles. The first kappa shape index (κ1) is 25.8. The van der Waals surface area contributed by atoms with Gasteiger partial charge < -0.3 is 9.47 Å². The van der Waals surface area contributed by atoms with Crippen molar-refractivity contribution in [1.82, 2.24) is 4.57 Å². The van der Waals surface area contributed by atoms with E-state index >= 15 is 0 Å². The van der Waals surface area contributed by atoms with E-state index in [1.165, 1.54) is 44.1 Å². The van der Waals surface area contributed by atoms with Crippen LogP contribution >= 0.6 is 0 Å². The van der Waals surface area contributed by atoms with Gasteiger partial charge in [0.2, 0.25) is 0 Å². The summed E-state index contributed by atoms with van der Waals surface area (Å²) in [5.74, 6) is 0. The molecule has 208 valence electrons. The third-order valence-electron chi connectivity index (χ3n) is 8.37. The highest BCUT2D eigenvalue weighted by atomic mass is 15.1. The minimum absolute atomic E-state index is 1.11. The van der Waals surface area contributed by atoms with Crippen LogP contribution in [-0.2, 0) is 0 Å². The van der Waals surface area contributed by atoms with Crippen molar-refractivity contribution in [3.8, 4) is 27.9 Å². The monoisotopic (exact) mass is 562 g/mol. The molecule has 0 bridgehead atoms. The average molecular weight is 563 g/mol. The first-order valence-corrected chi connectivity index (χ1v) is 15.0. The second-order valence-electron chi connectivity index (χ2n) is 11.0. The van der Waals surface area contributed by atoms with Gasteiger partial charge in [0, 0.05) is 33.4 Å². The molecule has 0 fully saturated rings. The molecule has 0 amide bonds. The van der Waals surface area contributed by atoms with Crippen LogP contribution in [0.25, 0.3) is 49.7 Å². The van der Waals surface area contributed by atoms with Crippen molar-refractivity contribution in [2.75, 3.05) is 4.90 Å². The summed E-state index contributed by atoms with van der Waals surface area (Å²) in [6.07, 6.45) is 0. The number of nitrogens with zero attached hydrogens (tertiary/aromatic N) is 2. The molecule has 0 aliphatic heterocycles. The standard InChI is InChI=1S/C42H30N2/c1-4-15-31(16-5-1)32-27-28-39-38-24-11-13-26-41(38)44(42(39)30-32)40-25-12-10-23-37(40)33-17-14-22-36(29-33)43(34-18-6-2-7-19-34)35-20-8-3-9-21-35/h1-30H. The third kappa shape index (κ3) is 4.54. The smallest absolute Gasteiger partial charge is 0.0547 e. The van der Waals surface area contributed by atoms with Crippen LogP contribution in [0.5, 0.6) is 0 Å². The topological polar surface area (TPSA) is 8.17 Å². The molecule has 0 radical (unpaired) electrons. The highest BCUT2D eigenvalue weighted by molar-refractivity contribution is 6.10. The van der Waals surface area contributed by atoms with Crippen LogP contribution in [0.1, 0.15) is 0 Å². The van der Waals surface area contributed by atoms with Gasteiger partial charge in [-0.2, -0.15) is 0 Å². The molecule has 2 heteroatoms. The lowest BCUT2D eigenvalue weighted by Gasteiger charge is -2.26. The van der Waals surface area contributed by atoms with E-state index in [-0.39, 0.29) is 0 Å². The predicted molar refractivity (Wildman–Crippen MR) is 186 cm³/mol. The van der Waals surface area contributed by atoms with Gasteiger partial charge in [-0.3, -0.25) is 0 Å². The predicted octanol–water partition coefficient (Wildman–Crippen LogP) is 11.6. The summed E-state index contributed by atoms with van der Waals surface area (Å²) in [6, 6.07) is 65.0. The van der Waals surface area contributed by atoms with Crippen molar-refractivity contribution in [2.24, 2.45) is 0 Å². The van der Waals surface area contributed by atoms with Gasteiger partial charge in [0.1, 0.15) is 0 Å². The van der Waals surface area contributed by atoms with E-state index in [1.54, 1.807) is 0 Å². The number of hydrogen-bond acceptors (Lipinski definition) is 1. The summed E-state index contributed by atoms with van der Waals surface area (Å²) in [5.41, 5.74) is 11.7. The van der Waals surface area contributed by atoms with Gasteiger partial charge in [-0.25, -0.2) is 0 Å². The lowest BCUT2D eigenvalue weighted by atomic mass is 10.0. The van der Waals surface area contributed by atoms with E-state index in [9.17, 15) is 0 Å². The lowest BCUT2D eigenvalue weighted by Crippen LogP contribution is -2.09. The highest BCUT2D eigenvalue weighted by Gasteiger charge is 2.18. The van der Waals surface area contributed by atoms with Crippen LogP contribution in [-0.4, -0.2) is 4.57 Å². The number of fused-ring (bicyclic) bond motifs is 3. The average Bonchev–Trinajstić information content (AvgIpc) is 3.43. The SMILES string of the molecule is c1ccc(-c2ccc3c4ccccc4n(-c4ccccc4-c4cccc(N(c5ccccc5)c5ccccc5)c4)c3c2)cc1. The number of para-hydroxylation sites is 4. The molecule has 44 heavy (non-hydrogen) atoms. The van der Waals surface area contributed by atoms with Gasteiger partial charge in [-0.05, 0) is 71.3 Å². The van der Waals surface area contributed by atoms with E-state index in [1.807, 2.05) is 0 Å². The number of aromatic nitrogens is 1. The fourth-order valence-corrected chi connectivity index (χ4v) is 6.37. The van der Waals surface area contributed by atoms with E-state index < -0.39 is 0 Å². The molecule has 0 spiro atoms. The number of anilines is 3. The maximum atomic E-state index is 2.44. The van der Waals surface area contributed by atoms with E-state index in [0.717, 1.165) is 22.7 Å². The van der Waals surface area contributed by atoms with Gasteiger partial charge >= 0.3 is 0 Å². The van der Waals surface area contributed by atoms with Gasteiger partial charge in [0.25, 0.3) is 0 Å². The second kappa shape index (κ2) is 11.1. The second-order valence-corrected chi connectivity index (χ2v) is 11.0. The Morgan fingerprint density at radius 3 is 1.66 bits per heavy atom. The highest BCUT2D eigenvalue weighted by Crippen LogP contribution is 2.40. The Morgan fingerprint density at radius 2 is 0.909 bits per heavy atom. The van der Waals surface area contributed by atoms with Crippen molar-refractivity contribution in [1.29, 1.82) is 0 Å². The maximum Gasteiger partial charge on any atom is 0.0547 e. The van der Waals surface area contributed by atoms with Crippen LogP contribution in [0, 0.1) is 0 Å². The number of benzene rings is 7. The maximum absolute atomic E-state index is 2.44. The van der Waals surface area contributed by atoms with Gasteiger partial charge in [-0.15, -0.1) is 0 Å². The molecule has 8 aromatic rings. The van der Waals surface area contributed by atoms with Crippen LogP contribution in [0.15, 0.2) is 182 Å². The van der Waals surface area contributed by atoms with E-state index in [0.29, 0.717) is 0 Å². The molecule has 7 aromatic carbocycles. The molecule has 0 saturated heterocycles. The molecule has 0 unspecified atom stereocenters. The number of hydrogen-bond donors (Lipinski definition) is 0. The zero-order valence-corrected chi connectivity index (χ0v) is 24.2. The molecular formula is C42H30N2. The summed E-state index contributed by atoms with van der Waals surface area (Å²) in [6.45, 7) is 0. The Kier molecular flexibility index (Phi) is 6.51. The lowest BCUT2D eigenvalue weighted by molar-refractivity contribution is 1.18. The first-order chi connectivity index (χ1) is 21.8. The van der Waals surface area contributed by atoms with Crippen molar-refractivity contribution < 1.29 is 0 Å². The van der Waals surface area contributed by atoms with Crippen molar-refractivity contribution in [2.45, 2.75) is 0 Å². The molecule has 0 N–H and O–H groups in total.